The summed E-state index contributed by atoms with van der Waals surface area (Å²) in [5.74, 6) is 1.04. The van der Waals surface area contributed by atoms with Crippen molar-refractivity contribution >= 4 is 17.5 Å². The van der Waals surface area contributed by atoms with Gasteiger partial charge in [-0.3, -0.25) is 9.69 Å². The molecule has 110 valence electrons. The van der Waals surface area contributed by atoms with Crippen LogP contribution in [0.3, 0.4) is 0 Å². The van der Waals surface area contributed by atoms with Gasteiger partial charge < -0.3 is 9.32 Å². The third-order valence-electron chi connectivity index (χ3n) is 3.71. The minimum Gasteiger partial charge on any atom is -0.468 e. The van der Waals surface area contributed by atoms with E-state index in [1.165, 1.54) is 0 Å². The summed E-state index contributed by atoms with van der Waals surface area (Å²) in [6, 6.07) is 10.9. The molecule has 0 aliphatic carbocycles. The predicted molar refractivity (Wildman–Crippen MR) is 81.3 cm³/mol. The molecule has 0 N–H and O–H groups in total. The van der Waals surface area contributed by atoms with Crippen LogP contribution in [0.4, 0.5) is 0 Å². The number of piperazine rings is 1. The molecule has 3 rings (SSSR count). The number of amides is 1. The summed E-state index contributed by atoms with van der Waals surface area (Å²) in [6.07, 6.45) is 1.69. The van der Waals surface area contributed by atoms with Crippen LogP contribution in [-0.4, -0.2) is 41.9 Å². The molecule has 1 saturated heterocycles. The predicted octanol–water partition coefficient (Wildman–Crippen LogP) is 2.89. The summed E-state index contributed by atoms with van der Waals surface area (Å²) >= 11 is 5.85. The van der Waals surface area contributed by atoms with Gasteiger partial charge in [0.25, 0.3) is 5.91 Å². The van der Waals surface area contributed by atoms with Gasteiger partial charge in [0.05, 0.1) is 12.8 Å². The van der Waals surface area contributed by atoms with Gasteiger partial charge >= 0.3 is 0 Å². The fourth-order valence-electron chi connectivity index (χ4n) is 2.51. The zero-order valence-corrected chi connectivity index (χ0v) is 12.4. The first-order chi connectivity index (χ1) is 10.2. The van der Waals surface area contributed by atoms with E-state index >= 15 is 0 Å². The number of benzene rings is 1. The summed E-state index contributed by atoms with van der Waals surface area (Å²) in [6.45, 7) is 4.00. The standard InChI is InChI=1S/C16H17ClN2O2/c17-14-5-3-13(4-6-14)16(20)19-9-7-18(8-10-19)12-15-2-1-11-21-15/h1-6,11H,7-10,12H2. The molecule has 0 saturated carbocycles. The minimum absolute atomic E-state index is 0.0734. The molecule has 1 aromatic heterocycles. The van der Waals surface area contributed by atoms with Gasteiger partial charge in [0.15, 0.2) is 0 Å². The highest BCUT2D eigenvalue weighted by Crippen LogP contribution is 2.14. The van der Waals surface area contributed by atoms with Crippen molar-refractivity contribution in [3.63, 3.8) is 0 Å². The van der Waals surface area contributed by atoms with Gasteiger partial charge in [-0.15, -0.1) is 0 Å². The molecule has 0 atom stereocenters. The maximum atomic E-state index is 12.4. The molecule has 2 aromatic rings. The number of rotatable bonds is 3. The Morgan fingerprint density at radius 1 is 1.10 bits per heavy atom. The van der Waals surface area contributed by atoms with Crippen molar-refractivity contribution in [2.75, 3.05) is 26.2 Å². The summed E-state index contributed by atoms with van der Waals surface area (Å²) < 4.78 is 5.36. The van der Waals surface area contributed by atoms with E-state index in [2.05, 4.69) is 4.90 Å². The van der Waals surface area contributed by atoms with Crippen LogP contribution >= 0.6 is 11.6 Å². The Labute approximate surface area is 128 Å². The molecular weight excluding hydrogens is 288 g/mol. The second-order valence-electron chi connectivity index (χ2n) is 5.15. The van der Waals surface area contributed by atoms with Crippen LogP contribution in [0.25, 0.3) is 0 Å². The molecule has 1 aromatic carbocycles. The van der Waals surface area contributed by atoms with Crippen molar-refractivity contribution in [1.82, 2.24) is 9.80 Å². The molecule has 21 heavy (non-hydrogen) atoms. The third kappa shape index (κ3) is 3.46. The quantitative estimate of drug-likeness (QED) is 0.875. The van der Waals surface area contributed by atoms with Crippen LogP contribution in [0.15, 0.2) is 47.1 Å². The smallest absolute Gasteiger partial charge is 0.253 e. The number of halogens is 1. The van der Waals surface area contributed by atoms with Gasteiger partial charge in [-0.05, 0) is 36.4 Å². The Balaban J connectivity index is 1.55. The Morgan fingerprint density at radius 3 is 2.43 bits per heavy atom. The highest BCUT2D eigenvalue weighted by molar-refractivity contribution is 6.30. The van der Waals surface area contributed by atoms with Crippen molar-refractivity contribution in [2.24, 2.45) is 0 Å². The van der Waals surface area contributed by atoms with E-state index < -0.39 is 0 Å². The topological polar surface area (TPSA) is 36.7 Å². The number of hydrogen-bond acceptors (Lipinski definition) is 3. The van der Waals surface area contributed by atoms with Gasteiger partial charge in [0, 0.05) is 36.8 Å². The number of carbonyl (C=O) groups is 1. The summed E-state index contributed by atoms with van der Waals surface area (Å²) in [7, 11) is 0. The van der Waals surface area contributed by atoms with Crippen LogP contribution < -0.4 is 0 Å². The van der Waals surface area contributed by atoms with E-state index in [0.29, 0.717) is 10.6 Å². The molecule has 5 heteroatoms. The molecule has 4 nitrogen and oxygen atoms in total. The molecule has 1 aliphatic rings. The molecule has 1 aliphatic heterocycles. The number of furan rings is 1. The molecule has 0 bridgehead atoms. The molecule has 1 fully saturated rings. The fraction of sp³-hybridized carbons (Fsp3) is 0.312. The monoisotopic (exact) mass is 304 g/mol. The second kappa shape index (κ2) is 6.33. The van der Waals surface area contributed by atoms with Gasteiger partial charge in [0.1, 0.15) is 5.76 Å². The Hall–Kier alpha value is -1.78. The first-order valence-electron chi connectivity index (χ1n) is 7.02. The van der Waals surface area contributed by atoms with Gasteiger partial charge in [0.2, 0.25) is 0 Å². The molecule has 1 amide bonds. The number of carbonyl (C=O) groups excluding carboxylic acids is 1. The number of nitrogens with zero attached hydrogens (tertiary/aromatic N) is 2. The van der Waals surface area contributed by atoms with Crippen LogP contribution in [0.1, 0.15) is 16.1 Å². The summed E-state index contributed by atoms with van der Waals surface area (Å²) in [5.41, 5.74) is 0.693. The molecule has 0 spiro atoms. The molecule has 0 unspecified atom stereocenters. The lowest BCUT2D eigenvalue weighted by Gasteiger charge is -2.34. The summed E-state index contributed by atoms with van der Waals surface area (Å²) in [4.78, 5) is 16.6. The van der Waals surface area contributed by atoms with Crippen LogP contribution in [0.2, 0.25) is 5.02 Å². The average Bonchev–Trinajstić information content (AvgIpc) is 3.01. The largest absolute Gasteiger partial charge is 0.468 e. The Kier molecular flexibility index (Phi) is 4.27. The van der Waals surface area contributed by atoms with E-state index in [0.717, 1.165) is 38.5 Å². The van der Waals surface area contributed by atoms with Crippen LogP contribution in [0, 0.1) is 0 Å². The lowest BCUT2D eigenvalue weighted by molar-refractivity contribution is 0.0620. The van der Waals surface area contributed by atoms with E-state index in [-0.39, 0.29) is 5.91 Å². The van der Waals surface area contributed by atoms with Crippen LogP contribution in [-0.2, 0) is 6.54 Å². The lowest BCUT2D eigenvalue weighted by atomic mass is 10.2. The van der Waals surface area contributed by atoms with Gasteiger partial charge in [-0.1, -0.05) is 11.6 Å². The van der Waals surface area contributed by atoms with Crippen molar-refractivity contribution in [3.05, 3.63) is 59.0 Å². The highest BCUT2D eigenvalue weighted by Gasteiger charge is 2.22. The Morgan fingerprint density at radius 2 is 1.81 bits per heavy atom. The second-order valence-corrected chi connectivity index (χ2v) is 5.59. The SMILES string of the molecule is O=C(c1ccc(Cl)cc1)N1CCN(Cc2ccco2)CC1. The zero-order valence-electron chi connectivity index (χ0n) is 11.7. The third-order valence-corrected chi connectivity index (χ3v) is 3.96. The van der Waals surface area contributed by atoms with E-state index in [1.807, 2.05) is 17.0 Å². The highest BCUT2D eigenvalue weighted by atomic mass is 35.5. The first-order valence-corrected chi connectivity index (χ1v) is 7.40. The van der Waals surface area contributed by atoms with Crippen molar-refractivity contribution < 1.29 is 9.21 Å². The van der Waals surface area contributed by atoms with Gasteiger partial charge in [-0.2, -0.15) is 0 Å². The maximum absolute atomic E-state index is 12.4. The van der Waals surface area contributed by atoms with Gasteiger partial charge in [-0.25, -0.2) is 0 Å². The molecule has 2 heterocycles. The van der Waals surface area contributed by atoms with Crippen LogP contribution in [0.5, 0.6) is 0 Å². The first kappa shape index (κ1) is 14.2. The fourth-order valence-corrected chi connectivity index (χ4v) is 2.63. The van der Waals surface area contributed by atoms with Crippen molar-refractivity contribution in [3.8, 4) is 0 Å². The molecule has 0 radical (unpaired) electrons. The molecular formula is C16H17ClN2O2. The minimum atomic E-state index is 0.0734. The van der Waals surface area contributed by atoms with Crippen molar-refractivity contribution in [2.45, 2.75) is 6.54 Å². The normalized spacial score (nSPS) is 16.1. The maximum Gasteiger partial charge on any atom is 0.253 e. The van der Waals surface area contributed by atoms with E-state index in [4.69, 9.17) is 16.0 Å². The van der Waals surface area contributed by atoms with E-state index in [9.17, 15) is 4.79 Å². The lowest BCUT2D eigenvalue weighted by Crippen LogP contribution is -2.48. The number of hydrogen-bond donors (Lipinski definition) is 0. The zero-order chi connectivity index (χ0) is 14.7. The van der Waals surface area contributed by atoms with E-state index in [1.54, 1.807) is 30.5 Å². The Bertz CT molecular complexity index is 587. The summed E-state index contributed by atoms with van der Waals surface area (Å²) in [5, 5.41) is 0.648. The average molecular weight is 305 g/mol. The van der Waals surface area contributed by atoms with Crippen molar-refractivity contribution in [1.29, 1.82) is 0 Å².